The summed E-state index contributed by atoms with van der Waals surface area (Å²) in [6, 6.07) is 14.7. The van der Waals surface area contributed by atoms with Crippen molar-refractivity contribution < 1.29 is 14.3 Å². The van der Waals surface area contributed by atoms with E-state index in [4.69, 9.17) is 4.74 Å². The van der Waals surface area contributed by atoms with Crippen LogP contribution in [-0.4, -0.2) is 19.0 Å². The van der Waals surface area contributed by atoms with Gasteiger partial charge >= 0.3 is 5.97 Å². The molecule has 3 rings (SSSR count). The maximum absolute atomic E-state index is 12.4. The Kier molecular flexibility index (Phi) is 3.44. The number of nitrogens with one attached hydrogen (secondary N) is 1. The van der Waals surface area contributed by atoms with Crippen LogP contribution in [0.1, 0.15) is 27.4 Å². The summed E-state index contributed by atoms with van der Waals surface area (Å²) < 4.78 is 4.73. The Bertz CT molecular complexity index is 709. The van der Waals surface area contributed by atoms with E-state index < -0.39 is 5.97 Å². The Balaban J connectivity index is 1.79. The molecular weight excluding hydrogens is 266 g/mol. The zero-order chi connectivity index (χ0) is 14.8. The van der Waals surface area contributed by atoms with Gasteiger partial charge in [-0.1, -0.05) is 36.4 Å². The molecule has 4 heteroatoms. The highest BCUT2D eigenvalue weighted by Gasteiger charge is 2.32. The molecule has 0 aromatic heterocycles. The SMILES string of the molecule is COC(=O)c1ccccc1NC(=O)C1Cc2ccccc21. The van der Waals surface area contributed by atoms with Gasteiger partial charge in [0.2, 0.25) is 5.91 Å². The first kappa shape index (κ1) is 13.4. The van der Waals surface area contributed by atoms with Crippen molar-refractivity contribution in [3.8, 4) is 0 Å². The number of fused-ring (bicyclic) bond motifs is 1. The standard InChI is InChI=1S/C17H15NO3/c1-21-17(20)13-8-4-5-9-15(13)18-16(19)14-10-11-6-2-3-7-12(11)14/h2-9,14H,10H2,1H3,(H,18,19). The molecule has 1 unspecified atom stereocenters. The molecule has 0 radical (unpaired) electrons. The molecule has 4 nitrogen and oxygen atoms in total. The Morgan fingerprint density at radius 1 is 1.10 bits per heavy atom. The van der Waals surface area contributed by atoms with Crippen molar-refractivity contribution in [1.82, 2.24) is 0 Å². The maximum atomic E-state index is 12.4. The summed E-state index contributed by atoms with van der Waals surface area (Å²) >= 11 is 0. The molecule has 0 heterocycles. The number of benzene rings is 2. The zero-order valence-electron chi connectivity index (χ0n) is 11.6. The van der Waals surface area contributed by atoms with Crippen molar-refractivity contribution in [2.75, 3.05) is 12.4 Å². The minimum Gasteiger partial charge on any atom is -0.465 e. The molecule has 1 aliphatic rings. The Morgan fingerprint density at radius 3 is 2.57 bits per heavy atom. The summed E-state index contributed by atoms with van der Waals surface area (Å²) in [4.78, 5) is 24.1. The second-order valence-electron chi connectivity index (χ2n) is 4.98. The molecule has 1 amide bonds. The summed E-state index contributed by atoms with van der Waals surface area (Å²) in [5.74, 6) is -0.697. The third-order valence-corrected chi connectivity index (χ3v) is 3.76. The molecule has 21 heavy (non-hydrogen) atoms. The maximum Gasteiger partial charge on any atom is 0.339 e. The van der Waals surface area contributed by atoms with Gasteiger partial charge in [0.15, 0.2) is 0 Å². The molecule has 1 aliphatic carbocycles. The first-order chi connectivity index (χ1) is 10.2. The van der Waals surface area contributed by atoms with Gasteiger partial charge in [0.1, 0.15) is 0 Å². The minimum atomic E-state index is -0.458. The van der Waals surface area contributed by atoms with Gasteiger partial charge < -0.3 is 10.1 Å². The van der Waals surface area contributed by atoms with Crippen LogP contribution in [0, 0.1) is 0 Å². The molecule has 0 saturated heterocycles. The molecule has 0 aliphatic heterocycles. The lowest BCUT2D eigenvalue weighted by Gasteiger charge is -2.29. The number of anilines is 1. The number of esters is 1. The topological polar surface area (TPSA) is 55.4 Å². The number of ether oxygens (including phenoxy) is 1. The molecule has 106 valence electrons. The van der Waals surface area contributed by atoms with E-state index in [-0.39, 0.29) is 11.8 Å². The summed E-state index contributed by atoms with van der Waals surface area (Å²) in [7, 11) is 1.32. The summed E-state index contributed by atoms with van der Waals surface area (Å²) in [6.07, 6.45) is 0.738. The first-order valence-electron chi connectivity index (χ1n) is 6.76. The van der Waals surface area contributed by atoms with Crippen LogP contribution in [-0.2, 0) is 16.0 Å². The average molecular weight is 281 g/mol. The average Bonchev–Trinajstić information content (AvgIpc) is 2.48. The fourth-order valence-corrected chi connectivity index (χ4v) is 2.59. The van der Waals surface area contributed by atoms with Gasteiger partial charge in [-0.3, -0.25) is 4.79 Å². The number of methoxy groups -OCH3 is 1. The van der Waals surface area contributed by atoms with Crippen molar-refractivity contribution in [3.05, 3.63) is 65.2 Å². The number of hydrogen-bond acceptors (Lipinski definition) is 3. The van der Waals surface area contributed by atoms with Crippen molar-refractivity contribution in [2.45, 2.75) is 12.3 Å². The van der Waals surface area contributed by atoms with Gasteiger partial charge in [0.05, 0.1) is 24.3 Å². The first-order valence-corrected chi connectivity index (χ1v) is 6.76. The predicted octanol–water partition coefficient (Wildman–Crippen LogP) is 2.75. The van der Waals surface area contributed by atoms with Crippen LogP contribution in [0.4, 0.5) is 5.69 Å². The van der Waals surface area contributed by atoms with Crippen LogP contribution in [0.3, 0.4) is 0 Å². The van der Waals surface area contributed by atoms with Crippen LogP contribution in [0.2, 0.25) is 0 Å². The molecule has 1 atom stereocenters. The Hall–Kier alpha value is -2.62. The van der Waals surface area contributed by atoms with Crippen LogP contribution < -0.4 is 5.32 Å². The van der Waals surface area contributed by atoms with Crippen LogP contribution in [0.15, 0.2) is 48.5 Å². The third-order valence-electron chi connectivity index (χ3n) is 3.76. The second kappa shape index (κ2) is 5.40. The highest BCUT2D eigenvalue weighted by molar-refractivity contribution is 6.03. The van der Waals surface area contributed by atoms with E-state index in [9.17, 15) is 9.59 Å². The quantitative estimate of drug-likeness (QED) is 0.880. The van der Waals surface area contributed by atoms with Gasteiger partial charge in [0, 0.05) is 0 Å². The summed E-state index contributed by atoms with van der Waals surface area (Å²) in [5, 5.41) is 2.83. The van der Waals surface area contributed by atoms with E-state index in [1.165, 1.54) is 12.7 Å². The van der Waals surface area contributed by atoms with Crippen molar-refractivity contribution >= 4 is 17.6 Å². The fraction of sp³-hybridized carbons (Fsp3) is 0.176. The van der Waals surface area contributed by atoms with Gasteiger partial charge in [-0.25, -0.2) is 4.79 Å². The number of carbonyl (C=O) groups excluding carboxylic acids is 2. The third kappa shape index (κ3) is 2.40. The lowest BCUT2D eigenvalue weighted by molar-refractivity contribution is -0.118. The van der Waals surface area contributed by atoms with Crippen LogP contribution >= 0.6 is 0 Å². The highest BCUT2D eigenvalue weighted by atomic mass is 16.5. The van der Waals surface area contributed by atoms with Gasteiger partial charge in [-0.15, -0.1) is 0 Å². The molecule has 0 bridgehead atoms. The molecule has 1 N–H and O–H groups in total. The van der Waals surface area contributed by atoms with E-state index in [1.54, 1.807) is 24.3 Å². The second-order valence-corrected chi connectivity index (χ2v) is 4.98. The highest BCUT2D eigenvalue weighted by Crippen LogP contribution is 2.35. The molecule has 0 saturated carbocycles. The Morgan fingerprint density at radius 2 is 1.81 bits per heavy atom. The van der Waals surface area contributed by atoms with E-state index in [2.05, 4.69) is 5.32 Å². The number of hydrogen-bond donors (Lipinski definition) is 1. The molecule has 0 spiro atoms. The number of rotatable bonds is 3. The number of para-hydroxylation sites is 1. The smallest absolute Gasteiger partial charge is 0.339 e. The Labute approximate surface area is 122 Å². The van der Waals surface area contributed by atoms with Crippen LogP contribution in [0.25, 0.3) is 0 Å². The van der Waals surface area contributed by atoms with Crippen molar-refractivity contribution in [1.29, 1.82) is 0 Å². The minimum absolute atomic E-state index is 0.0925. The van der Waals surface area contributed by atoms with Gasteiger partial charge in [-0.05, 0) is 29.7 Å². The van der Waals surface area contributed by atoms with Gasteiger partial charge in [-0.2, -0.15) is 0 Å². The summed E-state index contributed by atoms with van der Waals surface area (Å²) in [6.45, 7) is 0. The van der Waals surface area contributed by atoms with E-state index in [0.717, 1.165) is 12.0 Å². The monoisotopic (exact) mass is 281 g/mol. The van der Waals surface area contributed by atoms with E-state index in [0.29, 0.717) is 11.3 Å². The van der Waals surface area contributed by atoms with Crippen LogP contribution in [0.5, 0.6) is 0 Å². The normalized spacial score (nSPS) is 15.6. The largest absolute Gasteiger partial charge is 0.465 e. The zero-order valence-corrected chi connectivity index (χ0v) is 11.6. The van der Waals surface area contributed by atoms with Gasteiger partial charge in [0.25, 0.3) is 0 Å². The van der Waals surface area contributed by atoms with Crippen molar-refractivity contribution in [2.24, 2.45) is 0 Å². The van der Waals surface area contributed by atoms with E-state index >= 15 is 0 Å². The number of carbonyl (C=O) groups is 2. The molecule has 2 aromatic rings. The molecular formula is C17H15NO3. The lowest BCUT2D eigenvalue weighted by Crippen LogP contribution is -2.30. The number of amides is 1. The molecule has 0 fully saturated rings. The van der Waals surface area contributed by atoms with E-state index in [1.807, 2.05) is 24.3 Å². The lowest BCUT2D eigenvalue weighted by atomic mass is 9.77. The summed E-state index contributed by atoms with van der Waals surface area (Å²) in [5.41, 5.74) is 3.11. The predicted molar refractivity (Wildman–Crippen MR) is 79.3 cm³/mol. The van der Waals surface area contributed by atoms with Crippen molar-refractivity contribution in [3.63, 3.8) is 0 Å². The molecule has 2 aromatic carbocycles. The fourth-order valence-electron chi connectivity index (χ4n) is 2.59.